The van der Waals surface area contributed by atoms with Gasteiger partial charge in [-0.15, -0.1) is 0 Å². The fourth-order valence-electron chi connectivity index (χ4n) is 3.55. The molecule has 0 aromatic rings. The van der Waals surface area contributed by atoms with Gasteiger partial charge in [-0.2, -0.15) is 0 Å². The second-order valence-corrected chi connectivity index (χ2v) is 5.66. The van der Waals surface area contributed by atoms with E-state index in [4.69, 9.17) is 0 Å². The van der Waals surface area contributed by atoms with Crippen molar-refractivity contribution in [3.8, 4) is 0 Å². The Morgan fingerprint density at radius 1 is 1.27 bits per heavy atom. The fraction of sp³-hybridized carbons (Fsp3) is 0.786. The number of fused-ring (bicyclic) bond motifs is 1. The van der Waals surface area contributed by atoms with Gasteiger partial charge in [0.25, 0.3) is 0 Å². The quantitative estimate of drug-likeness (QED) is 0.599. The van der Waals surface area contributed by atoms with Crippen LogP contribution in [0.2, 0.25) is 0 Å². The summed E-state index contributed by atoms with van der Waals surface area (Å²) in [7, 11) is 0. The maximum atomic E-state index is 11.9. The van der Waals surface area contributed by atoms with Crippen LogP contribution in [0.15, 0.2) is 11.6 Å². The third kappa shape index (κ3) is 2.02. The lowest BCUT2D eigenvalue weighted by Gasteiger charge is -2.36. The largest absolute Gasteiger partial charge is 0.299 e. The zero-order valence-corrected chi connectivity index (χ0v) is 10.1. The molecule has 0 aromatic heterocycles. The zero-order chi connectivity index (χ0) is 11.0. The molecule has 0 saturated heterocycles. The van der Waals surface area contributed by atoms with Crippen LogP contribution in [0, 0.1) is 23.7 Å². The van der Waals surface area contributed by atoms with Crippen LogP contribution in [0.1, 0.15) is 46.5 Å². The minimum absolute atomic E-state index is 0.364. The van der Waals surface area contributed by atoms with Crippen molar-refractivity contribution < 1.29 is 4.79 Å². The summed E-state index contributed by atoms with van der Waals surface area (Å²) in [6.07, 6.45) is 6.86. The maximum Gasteiger partial charge on any atom is 0.136 e. The highest BCUT2D eigenvalue weighted by Gasteiger charge is 2.44. The summed E-state index contributed by atoms with van der Waals surface area (Å²) in [5.74, 6) is 2.90. The molecule has 0 radical (unpaired) electrons. The van der Waals surface area contributed by atoms with Crippen molar-refractivity contribution in [3.63, 3.8) is 0 Å². The molecular formula is C14H22O. The molecule has 84 valence electrons. The average molecular weight is 206 g/mol. The SMILES string of the molecule is CC(C)=C[C@@H]1CCC(C)[C@H]2CCC(=O)[C@H]12. The molecule has 1 nitrogen and oxygen atoms in total. The predicted octanol–water partition coefficient (Wildman–Crippen LogP) is 3.59. The van der Waals surface area contributed by atoms with Gasteiger partial charge in [-0.25, -0.2) is 0 Å². The van der Waals surface area contributed by atoms with Crippen LogP contribution in [-0.4, -0.2) is 5.78 Å². The number of carbonyl (C=O) groups excluding carboxylic acids is 1. The van der Waals surface area contributed by atoms with Crippen LogP contribution in [0.25, 0.3) is 0 Å². The van der Waals surface area contributed by atoms with E-state index in [2.05, 4.69) is 26.8 Å². The van der Waals surface area contributed by atoms with Crippen molar-refractivity contribution in [2.75, 3.05) is 0 Å². The van der Waals surface area contributed by atoms with Gasteiger partial charge in [0.15, 0.2) is 0 Å². The molecule has 1 unspecified atom stereocenters. The summed E-state index contributed by atoms with van der Waals surface area (Å²) in [6, 6.07) is 0. The van der Waals surface area contributed by atoms with E-state index in [0.29, 0.717) is 23.5 Å². The summed E-state index contributed by atoms with van der Waals surface area (Å²) >= 11 is 0. The average Bonchev–Trinajstić information content (AvgIpc) is 2.54. The highest BCUT2D eigenvalue weighted by molar-refractivity contribution is 5.84. The van der Waals surface area contributed by atoms with Crippen molar-refractivity contribution >= 4 is 5.78 Å². The van der Waals surface area contributed by atoms with Crippen molar-refractivity contribution in [3.05, 3.63) is 11.6 Å². The molecule has 2 aliphatic carbocycles. The highest BCUT2D eigenvalue weighted by Crippen LogP contribution is 2.47. The summed E-state index contributed by atoms with van der Waals surface area (Å²) < 4.78 is 0. The first kappa shape index (κ1) is 10.9. The van der Waals surface area contributed by atoms with E-state index in [1.54, 1.807) is 0 Å². The molecule has 1 heteroatoms. The Kier molecular flexibility index (Phi) is 2.99. The van der Waals surface area contributed by atoms with E-state index >= 15 is 0 Å². The van der Waals surface area contributed by atoms with Crippen LogP contribution in [-0.2, 0) is 4.79 Å². The molecule has 4 atom stereocenters. The molecule has 2 saturated carbocycles. The van der Waals surface area contributed by atoms with E-state index < -0.39 is 0 Å². The molecule has 0 aliphatic heterocycles. The standard InChI is InChI=1S/C14H22O/c1-9(2)8-11-5-4-10(3)12-6-7-13(15)14(11)12/h8,10-12,14H,4-7H2,1-3H3/t10?,11-,12+,14+/m0/s1. The highest BCUT2D eigenvalue weighted by atomic mass is 16.1. The molecular weight excluding hydrogens is 184 g/mol. The number of ketones is 1. The van der Waals surface area contributed by atoms with E-state index in [1.165, 1.54) is 18.4 Å². The smallest absolute Gasteiger partial charge is 0.136 e. The first-order valence-corrected chi connectivity index (χ1v) is 6.27. The number of Topliss-reactive ketones (excluding diaryl/α,β-unsaturated/α-hetero) is 1. The minimum atomic E-state index is 0.364. The Morgan fingerprint density at radius 2 is 2.00 bits per heavy atom. The van der Waals surface area contributed by atoms with Gasteiger partial charge in [-0.3, -0.25) is 4.79 Å². The Bertz CT molecular complexity index is 286. The third-order valence-corrected chi connectivity index (χ3v) is 4.25. The van der Waals surface area contributed by atoms with Gasteiger partial charge in [0, 0.05) is 12.3 Å². The fourth-order valence-corrected chi connectivity index (χ4v) is 3.55. The van der Waals surface area contributed by atoms with E-state index in [1.807, 2.05) is 0 Å². The summed E-state index contributed by atoms with van der Waals surface area (Å²) in [4.78, 5) is 11.9. The second-order valence-electron chi connectivity index (χ2n) is 5.66. The van der Waals surface area contributed by atoms with Gasteiger partial charge < -0.3 is 0 Å². The summed E-state index contributed by atoms with van der Waals surface area (Å²) in [6.45, 7) is 6.62. The Labute approximate surface area is 92.9 Å². The lowest BCUT2D eigenvalue weighted by Crippen LogP contribution is -2.32. The number of carbonyl (C=O) groups is 1. The Morgan fingerprint density at radius 3 is 2.67 bits per heavy atom. The molecule has 0 spiro atoms. The van der Waals surface area contributed by atoms with Crippen molar-refractivity contribution in [2.45, 2.75) is 46.5 Å². The zero-order valence-electron chi connectivity index (χ0n) is 10.1. The topological polar surface area (TPSA) is 17.1 Å². The first-order valence-electron chi connectivity index (χ1n) is 6.27. The van der Waals surface area contributed by atoms with E-state index in [0.717, 1.165) is 18.8 Å². The van der Waals surface area contributed by atoms with Crippen LogP contribution in [0.4, 0.5) is 0 Å². The van der Waals surface area contributed by atoms with Gasteiger partial charge in [-0.1, -0.05) is 18.6 Å². The molecule has 0 N–H and O–H groups in total. The van der Waals surface area contributed by atoms with E-state index in [-0.39, 0.29) is 0 Å². The molecule has 2 aliphatic rings. The summed E-state index contributed by atoms with van der Waals surface area (Å²) in [5.41, 5.74) is 1.37. The number of hydrogen-bond acceptors (Lipinski definition) is 1. The van der Waals surface area contributed by atoms with Crippen molar-refractivity contribution in [1.82, 2.24) is 0 Å². The first-order chi connectivity index (χ1) is 7.09. The molecule has 2 rings (SSSR count). The van der Waals surface area contributed by atoms with Crippen LogP contribution >= 0.6 is 0 Å². The monoisotopic (exact) mass is 206 g/mol. The Hall–Kier alpha value is -0.590. The van der Waals surface area contributed by atoms with Crippen molar-refractivity contribution in [2.24, 2.45) is 23.7 Å². The lowest BCUT2D eigenvalue weighted by atomic mass is 9.68. The van der Waals surface area contributed by atoms with Crippen LogP contribution in [0.3, 0.4) is 0 Å². The third-order valence-electron chi connectivity index (χ3n) is 4.25. The molecule has 0 heterocycles. The van der Waals surface area contributed by atoms with Gasteiger partial charge in [-0.05, 0) is 50.9 Å². The molecule has 0 bridgehead atoms. The van der Waals surface area contributed by atoms with Gasteiger partial charge in [0.2, 0.25) is 0 Å². The Balaban J connectivity index is 2.20. The van der Waals surface area contributed by atoms with Crippen LogP contribution < -0.4 is 0 Å². The number of allylic oxidation sites excluding steroid dienone is 2. The van der Waals surface area contributed by atoms with Crippen LogP contribution in [0.5, 0.6) is 0 Å². The maximum absolute atomic E-state index is 11.9. The second kappa shape index (κ2) is 4.11. The number of hydrogen-bond donors (Lipinski definition) is 0. The molecule has 15 heavy (non-hydrogen) atoms. The van der Waals surface area contributed by atoms with Crippen molar-refractivity contribution in [1.29, 1.82) is 0 Å². The number of rotatable bonds is 1. The normalized spacial score (nSPS) is 40.1. The molecule has 0 aromatic carbocycles. The van der Waals surface area contributed by atoms with Gasteiger partial charge in [0.1, 0.15) is 5.78 Å². The predicted molar refractivity (Wildman–Crippen MR) is 62.5 cm³/mol. The van der Waals surface area contributed by atoms with Gasteiger partial charge in [0.05, 0.1) is 0 Å². The molecule has 2 fully saturated rings. The minimum Gasteiger partial charge on any atom is -0.299 e. The molecule has 0 amide bonds. The van der Waals surface area contributed by atoms with E-state index in [9.17, 15) is 4.79 Å². The van der Waals surface area contributed by atoms with Gasteiger partial charge >= 0.3 is 0 Å². The summed E-state index contributed by atoms with van der Waals surface area (Å²) in [5, 5.41) is 0. The lowest BCUT2D eigenvalue weighted by molar-refractivity contribution is -0.123.